The second-order valence-corrected chi connectivity index (χ2v) is 7.33. The van der Waals surface area contributed by atoms with Crippen molar-refractivity contribution in [3.05, 3.63) is 18.3 Å². The maximum absolute atomic E-state index is 11.8. The monoisotopic (exact) mass is 388 g/mol. The first-order valence-corrected chi connectivity index (χ1v) is 9.97. The number of carbonyl (C=O) groups is 1. The SMILES string of the molecule is CNc1nccnc1-c1noc(C(CCCC2CCCCC2)CC(=O)NO)n1. The van der Waals surface area contributed by atoms with Gasteiger partial charge in [0.2, 0.25) is 17.6 Å². The highest BCUT2D eigenvalue weighted by Gasteiger charge is 2.24. The van der Waals surface area contributed by atoms with Crippen molar-refractivity contribution in [1.82, 2.24) is 25.6 Å². The number of nitrogens with zero attached hydrogens (tertiary/aromatic N) is 4. The number of hydrogen-bond donors (Lipinski definition) is 3. The fraction of sp³-hybridized carbons (Fsp3) is 0.632. The summed E-state index contributed by atoms with van der Waals surface area (Å²) in [6.45, 7) is 0. The number of carbonyl (C=O) groups excluding carboxylic acids is 1. The normalized spacial score (nSPS) is 15.9. The Kier molecular flexibility index (Phi) is 7.30. The van der Waals surface area contributed by atoms with Gasteiger partial charge in [0, 0.05) is 31.8 Å². The van der Waals surface area contributed by atoms with Crippen LogP contribution in [0.1, 0.15) is 69.6 Å². The first-order valence-electron chi connectivity index (χ1n) is 9.97. The Labute approximate surface area is 164 Å². The average molecular weight is 388 g/mol. The summed E-state index contributed by atoms with van der Waals surface area (Å²) in [5, 5.41) is 15.9. The predicted octanol–water partition coefficient (Wildman–Crippen LogP) is 3.30. The topological polar surface area (TPSA) is 126 Å². The zero-order chi connectivity index (χ0) is 19.8. The number of rotatable bonds is 9. The van der Waals surface area contributed by atoms with Crippen LogP contribution in [0.2, 0.25) is 0 Å². The second kappa shape index (κ2) is 10.1. The summed E-state index contributed by atoms with van der Waals surface area (Å²) in [7, 11) is 1.74. The van der Waals surface area contributed by atoms with E-state index in [2.05, 4.69) is 25.4 Å². The lowest BCUT2D eigenvalue weighted by atomic mass is 9.84. The van der Waals surface area contributed by atoms with E-state index in [1.807, 2.05) is 0 Å². The van der Waals surface area contributed by atoms with Gasteiger partial charge in [-0.2, -0.15) is 4.98 Å². The summed E-state index contributed by atoms with van der Waals surface area (Å²) in [5.74, 6) is 1.34. The number of aromatic nitrogens is 4. The van der Waals surface area contributed by atoms with Crippen molar-refractivity contribution in [2.75, 3.05) is 12.4 Å². The van der Waals surface area contributed by atoms with E-state index in [1.165, 1.54) is 32.1 Å². The van der Waals surface area contributed by atoms with Crippen molar-refractivity contribution < 1.29 is 14.5 Å². The van der Waals surface area contributed by atoms with Crippen LogP contribution in [0, 0.1) is 5.92 Å². The molecule has 1 fully saturated rings. The second-order valence-electron chi connectivity index (χ2n) is 7.33. The van der Waals surface area contributed by atoms with Gasteiger partial charge >= 0.3 is 0 Å². The molecule has 1 atom stereocenters. The molecule has 1 unspecified atom stereocenters. The van der Waals surface area contributed by atoms with E-state index in [9.17, 15) is 4.79 Å². The highest BCUT2D eigenvalue weighted by molar-refractivity contribution is 5.75. The third kappa shape index (κ3) is 5.25. The van der Waals surface area contributed by atoms with Gasteiger partial charge in [0.05, 0.1) is 0 Å². The largest absolute Gasteiger partial charge is 0.371 e. The van der Waals surface area contributed by atoms with Crippen LogP contribution in [0.3, 0.4) is 0 Å². The van der Waals surface area contributed by atoms with Crippen LogP contribution >= 0.6 is 0 Å². The van der Waals surface area contributed by atoms with Crippen molar-refractivity contribution in [2.24, 2.45) is 5.92 Å². The maximum Gasteiger partial charge on any atom is 0.244 e. The van der Waals surface area contributed by atoms with Crippen LogP contribution in [0.15, 0.2) is 16.9 Å². The standard InChI is InChI=1S/C19H28N6O3/c1-20-17-16(21-10-11-22-17)18-23-19(28-25-18)14(12-15(26)24-27)9-5-8-13-6-3-2-4-7-13/h10-11,13-14,27H,2-9,12H2,1H3,(H,20,22)(H,24,26). The molecule has 0 aromatic carbocycles. The lowest BCUT2D eigenvalue weighted by Crippen LogP contribution is -2.21. The average Bonchev–Trinajstić information content (AvgIpc) is 3.23. The number of amides is 1. The Balaban J connectivity index is 1.69. The van der Waals surface area contributed by atoms with Gasteiger partial charge in [-0.05, 0) is 12.3 Å². The van der Waals surface area contributed by atoms with Crippen LogP contribution in [0.5, 0.6) is 0 Å². The first-order chi connectivity index (χ1) is 13.7. The fourth-order valence-corrected chi connectivity index (χ4v) is 3.89. The van der Waals surface area contributed by atoms with Crippen molar-refractivity contribution in [2.45, 2.75) is 63.7 Å². The van der Waals surface area contributed by atoms with Crippen molar-refractivity contribution in [1.29, 1.82) is 0 Å². The highest BCUT2D eigenvalue weighted by Crippen LogP contribution is 2.32. The quantitative estimate of drug-likeness (QED) is 0.441. The minimum absolute atomic E-state index is 0.0994. The van der Waals surface area contributed by atoms with Crippen LogP contribution in [0.25, 0.3) is 11.5 Å². The fourth-order valence-electron chi connectivity index (χ4n) is 3.89. The third-order valence-corrected chi connectivity index (χ3v) is 5.38. The molecule has 1 amide bonds. The Bertz CT molecular complexity index is 760. The lowest BCUT2D eigenvalue weighted by molar-refractivity contribution is -0.129. The minimum atomic E-state index is -0.460. The molecule has 28 heavy (non-hydrogen) atoms. The molecule has 152 valence electrons. The van der Waals surface area contributed by atoms with Gasteiger partial charge in [-0.3, -0.25) is 10.0 Å². The van der Waals surface area contributed by atoms with Crippen LogP contribution < -0.4 is 10.8 Å². The number of anilines is 1. The van der Waals surface area contributed by atoms with E-state index in [1.54, 1.807) is 24.9 Å². The highest BCUT2D eigenvalue weighted by atomic mass is 16.5. The van der Waals surface area contributed by atoms with Gasteiger partial charge in [-0.15, -0.1) is 0 Å². The molecule has 3 rings (SSSR count). The Morgan fingerprint density at radius 3 is 2.82 bits per heavy atom. The van der Waals surface area contributed by atoms with E-state index >= 15 is 0 Å². The van der Waals surface area contributed by atoms with Crippen LogP contribution in [-0.4, -0.2) is 38.3 Å². The number of nitrogens with one attached hydrogen (secondary N) is 2. The summed E-state index contributed by atoms with van der Waals surface area (Å²) in [6, 6.07) is 0. The molecule has 0 bridgehead atoms. The molecule has 9 nitrogen and oxygen atoms in total. The van der Waals surface area contributed by atoms with Gasteiger partial charge in [0.15, 0.2) is 11.5 Å². The van der Waals surface area contributed by atoms with Crippen molar-refractivity contribution >= 4 is 11.7 Å². The Morgan fingerprint density at radius 2 is 2.07 bits per heavy atom. The molecule has 9 heteroatoms. The number of hydroxylamine groups is 1. The Hall–Kier alpha value is -2.55. The first kappa shape index (κ1) is 20.2. The molecule has 2 aromatic heterocycles. The maximum atomic E-state index is 11.8. The third-order valence-electron chi connectivity index (χ3n) is 5.38. The molecular formula is C19H28N6O3. The number of hydrogen-bond acceptors (Lipinski definition) is 8. The molecule has 0 spiro atoms. The predicted molar refractivity (Wildman–Crippen MR) is 103 cm³/mol. The molecule has 3 N–H and O–H groups in total. The van der Waals surface area contributed by atoms with Crippen molar-refractivity contribution in [3.8, 4) is 11.5 Å². The van der Waals surface area contributed by atoms with Gasteiger partial charge in [-0.25, -0.2) is 15.4 Å². The minimum Gasteiger partial charge on any atom is -0.371 e. The summed E-state index contributed by atoms with van der Waals surface area (Å²) < 4.78 is 5.45. The van der Waals surface area contributed by atoms with Gasteiger partial charge in [-0.1, -0.05) is 50.1 Å². The van der Waals surface area contributed by atoms with E-state index in [4.69, 9.17) is 9.73 Å². The molecule has 1 aliphatic carbocycles. The van der Waals surface area contributed by atoms with Crippen LogP contribution in [0.4, 0.5) is 5.82 Å². The van der Waals surface area contributed by atoms with Gasteiger partial charge in [0.1, 0.15) is 0 Å². The molecular weight excluding hydrogens is 360 g/mol. The van der Waals surface area contributed by atoms with Gasteiger partial charge in [0.25, 0.3) is 0 Å². The molecule has 1 saturated carbocycles. The molecule has 0 radical (unpaired) electrons. The summed E-state index contributed by atoms with van der Waals surface area (Å²) in [6.07, 6.45) is 12.7. The van der Waals surface area contributed by atoms with Crippen molar-refractivity contribution in [3.63, 3.8) is 0 Å². The lowest BCUT2D eigenvalue weighted by Gasteiger charge is -2.22. The summed E-state index contributed by atoms with van der Waals surface area (Å²) in [5.41, 5.74) is 2.19. The Morgan fingerprint density at radius 1 is 1.29 bits per heavy atom. The zero-order valence-electron chi connectivity index (χ0n) is 16.2. The molecule has 2 aromatic rings. The van der Waals surface area contributed by atoms with E-state index in [0.717, 1.165) is 25.2 Å². The summed E-state index contributed by atoms with van der Waals surface area (Å²) >= 11 is 0. The van der Waals surface area contributed by atoms with E-state index in [0.29, 0.717) is 23.2 Å². The molecule has 2 heterocycles. The van der Waals surface area contributed by atoms with Crippen LogP contribution in [-0.2, 0) is 4.79 Å². The molecule has 0 saturated heterocycles. The smallest absolute Gasteiger partial charge is 0.244 e. The summed E-state index contributed by atoms with van der Waals surface area (Å²) in [4.78, 5) is 24.7. The van der Waals surface area contributed by atoms with Gasteiger partial charge < -0.3 is 9.84 Å². The zero-order valence-corrected chi connectivity index (χ0v) is 16.2. The van der Waals surface area contributed by atoms with E-state index < -0.39 is 5.91 Å². The van der Waals surface area contributed by atoms with E-state index in [-0.39, 0.29) is 12.3 Å². The molecule has 0 aliphatic heterocycles. The molecule has 1 aliphatic rings.